The van der Waals surface area contributed by atoms with Gasteiger partial charge >= 0.3 is 59.1 Å². The quantitative estimate of drug-likeness (QED) is 0.215. The van der Waals surface area contributed by atoms with Crippen molar-refractivity contribution in [3.63, 3.8) is 0 Å². The molecule has 0 unspecified atom stereocenters. The molecule has 10 nitrogen and oxygen atoms in total. The summed E-state index contributed by atoms with van der Waals surface area (Å²) in [5.41, 5.74) is -0.521. The first-order valence-electron chi connectivity index (χ1n) is 12.9. The standard InChI is InChI=1S/C28H38N2O8S2.2Na/c1-27(2,3)21-13-19(39(33,34)35)11-17(25(21)31)15-29-23-9-7-8-10-24(23)30-16-18-12-20(40(36,37)38)14-22(26(18)32)28(4,5)6;;/h11-16,23-24,31-32H,7-10H2,1-6H3,(H,33,34,35)(H,36,37,38);;/q;2*+1/p-2/t23-,24-;;/m1../s1. The first-order valence-corrected chi connectivity index (χ1v) is 15.7. The minimum Gasteiger partial charge on any atom is -0.744 e. The maximum absolute atomic E-state index is 11.8. The molecule has 220 valence electrons. The van der Waals surface area contributed by atoms with E-state index in [1.165, 1.54) is 24.6 Å². The number of aromatic hydroxyl groups is 2. The van der Waals surface area contributed by atoms with E-state index in [0.717, 1.165) is 25.0 Å². The van der Waals surface area contributed by atoms with E-state index < -0.39 is 40.9 Å². The third kappa shape index (κ3) is 9.85. The van der Waals surface area contributed by atoms with Crippen LogP contribution in [0.2, 0.25) is 0 Å². The summed E-state index contributed by atoms with van der Waals surface area (Å²) in [5, 5.41) is 21.7. The number of hydrogen-bond donors (Lipinski definition) is 2. The number of aliphatic imine (C=N–C) groups is 2. The molecule has 0 aliphatic heterocycles. The Labute approximate surface area is 293 Å². The predicted molar refractivity (Wildman–Crippen MR) is 151 cm³/mol. The molecule has 0 spiro atoms. The Bertz CT molecular complexity index is 1440. The summed E-state index contributed by atoms with van der Waals surface area (Å²) < 4.78 is 70.6. The zero-order valence-corrected chi connectivity index (χ0v) is 31.1. The molecule has 1 aliphatic carbocycles. The molecular weight excluding hydrogens is 602 g/mol. The van der Waals surface area contributed by atoms with Gasteiger partial charge in [0.15, 0.2) is 0 Å². The van der Waals surface area contributed by atoms with E-state index in [1.54, 1.807) is 41.5 Å². The van der Waals surface area contributed by atoms with Crippen LogP contribution < -0.4 is 59.1 Å². The van der Waals surface area contributed by atoms with Crippen molar-refractivity contribution in [1.29, 1.82) is 0 Å². The van der Waals surface area contributed by atoms with Crippen LogP contribution in [-0.2, 0) is 31.1 Å². The second-order valence-electron chi connectivity index (χ2n) is 12.2. The molecule has 0 aromatic heterocycles. The first-order chi connectivity index (χ1) is 18.2. The summed E-state index contributed by atoms with van der Waals surface area (Å²) in [6.07, 6.45) is 5.67. The van der Waals surface area contributed by atoms with Gasteiger partial charge in [-0.2, -0.15) is 0 Å². The Kier molecular flexibility index (Phi) is 13.6. The molecule has 1 aliphatic rings. The average Bonchev–Trinajstić information content (AvgIpc) is 2.80. The number of benzene rings is 2. The van der Waals surface area contributed by atoms with Crippen molar-refractivity contribution < 1.29 is 95.3 Å². The van der Waals surface area contributed by atoms with Crippen LogP contribution in [0.3, 0.4) is 0 Å². The summed E-state index contributed by atoms with van der Waals surface area (Å²) in [5.74, 6) is -0.343. The Hall–Kier alpha value is -0.800. The fourth-order valence-electron chi connectivity index (χ4n) is 4.68. The van der Waals surface area contributed by atoms with Gasteiger partial charge in [-0.1, -0.05) is 54.4 Å². The molecule has 2 N–H and O–H groups in total. The van der Waals surface area contributed by atoms with Crippen LogP contribution in [0.25, 0.3) is 0 Å². The van der Waals surface area contributed by atoms with Crippen molar-refractivity contribution in [3.8, 4) is 11.5 Å². The van der Waals surface area contributed by atoms with Gasteiger partial charge in [-0.3, -0.25) is 9.98 Å². The minimum absolute atomic E-state index is 0. The molecule has 1 fully saturated rings. The predicted octanol–water partition coefficient (Wildman–Crippen LogP) is -1.64. The third-order valence-corrected chi connectivity index (χ3v) is 8.55. The second-order valence-corrected chi connectivity index (χ2v) is 15.0. The molecule has 0 radical (unpaired) electrons. The molecule has 42 heavy (non-hydrogen) atoms. The van der Waals surface area contributed by atoms with E-state index in [1.807, 2.05) is 0 Å². The molecule has 0 heterocycles. The van der Waals surface area contributed by atoms with Crippen LogP contribution in [0.5, 0.6) is 11.5 Å². The van der Waals surface area contributed by atoms with E-state index in [0.29, 0.717) is 24.0 Å². The molecule has 14 heteroatoms. The van der Waals surface area contributed by atoms with E-state index >= 15 is 0 Å². The SMILES string of the molecule is CC(C)(C)c1cc(S(=O)(=O)[O-])cc(C=N[C@@H]2CCCC[C@H]2N=Cc2cc(S(=O)(=O)[O-])cc(C(C)(C)C)c2O)c1O.[Na+].[Na+]. The number of phenols is 2. The van der Waals surface area contributed by atoms with Crippen LogP contribution in [0, 0.1) is 0 Å². The monoisotopic (exact) mass is 638 g/mol. The van der Waals surface area contributed by atoms with Gasteiger partial charge in [0.25, 0.3) is 0 Å². The van der Waals surface area contributed by atoms with Gasteiger partial charge in [0.1, 0.15) is 31.7 Å². The molecule has 2 atom stereocenters. The summed E-state index contributed by atoms with van der Waals surface area (Å²) in [6, 6.07) is 3.81. The van der Waals surface area contributed by atoms with E-state index in [-0.39, 0.29) is 93.8 Å². The molecule has 1 saturated carbocycles. The smallest absolute Gasteiger partial charge is 0.744 e. The molecular formula is C28H36N2Na2O8S2. The summed E-state index contributed by atoms with van der Waals surface area (Å²) in [6.45, 7) is 10.7. The number of rotatable bonds is 6. The Morgan fingerprint density at radius 3 is 1.26 bits per heavy atom. The van der Waals surface area contributed by atoms with Crippen LogP contribution in [0.4, 0.5) is 0 Å². The van der Waals surface area contributed by atoms with Crippen molar-refractivity contribution in [3.05, 3.63) is 46.5 Å². The van der Waals surface area contributed by atoms with Crippen molar-refractivity contribution in [1.82, 2.24) is 0 Å². The Morgan fingerprint density at radius 1 is 0.690 bits per heavy atom. The van der Waals surface area contributed by atoms with Crippen molar-refractivity contribution in [2.24, 2.45) is 9.98 Å². The van der Waals surface area contributed by atoms with E-state index in [4.69, 9.17) is 0 Å². The minimum atomic E-state index is -4.79. The molecule has 0 amide bonds. The number of nitrogens with zero attached hydrogens (tertiary/aromatic N) is 2. The molecule has 0 bridgehead atoms. The van der Waals surface area contributed by atoms with Gasteiger partial charge in [-0.15, -0.1) is 0 Å². The Balaban J connectivity index is 0.00000441. The van der Waals surface area contributed by atoms with Crippen molar-refractivity contribution >= 4 is 32.7 Å². The van der Waals surface area contributed by atoms with Gasteiger partial charge in [0, 0.05) is 34.7 Å². The third-order valence-electron chi connectivity index (χ3n) is 6.92. The van der Waals surface area contributed by atoms with Gasteiger partial charge in [-0.25, -0.2) is 16.8 Å². The van der Waals surface area contributed by atoms with E-state index in [9.17, 15) is 36.2 Å². The van der Waals surface area contributed by atoms with Crippen LogP contribution in [0.15, 0.2) is 44.0 Å². The summed E-state index contributed by atoms with van der Waals surface area (Å²) in [7, 11) is -9.57. The topological polar surface area (TPSA) is 180 Å². The zero-order valence-electron chi connectivity index (χ0n) is 25.5. The first kappa shape index (κ1) is 39.2. The number of phenolic OH excluding ortho intramolecular Hbond substituents is 2. The van der Waals surface area contributed by atoms with Crippen LogP contribution >= 0.6 is 0 Å². The maximum Gasteiger partial charge on any atom is 1.00 e. The fourth-order valence-corrected chi connectivity index (χ4v) is 5.75. The largest absolute Gasteiger partial charge is 1.00 e. The number of hydrogen-bond acceptors (Lipinski definition) is 10. The normalized spacial score (nSPS) is 18.6. The van der Waals surface area contributed by atoms with Crippen molar-refractivity contribution in [2.45, 2.75) is 99.9 Å². The summed E-state index contributed by atoms with van der Waals surface area (Å²) in [4.78, 5) is 8.24. The fraction of sp³-hybridized carbons (Fsp3) is 0.500. The molecule has 3 rings (SSSR count). The van der Waals surface area contributed by atoms with Gasteiger partial charge in [-0.05, 0) is 47.9 Å². The molecule has 0 saturated heterocycles. The zero-order chi connectivity index (χ0) is 30.3. The second kappa shape index (κ2) is 14.5. The van der Waals surface area contributed by atoms with Gasteiger partial charge in [0.05, 0.1) is 21.9 Å². The molecule has 2 aromatic carbocycles. The van der Waals surface area contributed by atoms with Crippen molar-refractivity contribution in [2.75, 3.05) is 0 Å². The van der Waals surface area contributed by atoms with Crippen LogP contribution in [0.1, 0.15) is 89.5 Å². The maximum atomic E-state index is 11.8. The van der Waals surface area contributed by atoms with Gasteiger partial charge in [0.2, 0.25) is 0 Å². The molecule has 2 aromatic rings. The average molecular weight is 639 g/mol. The van der Waals surface area contributed by atoms with Crippen LogP contribution in [-0.4, -0.2) is 60.7 Å². The summed E-state index contributed by atoms with van der Waals surface area (Å²) >= 11 is 0. The van der Waals surface area contributed by atoms with Gasteiger partial charge < -0.3 is 19.3 Å². The van der Waals surface area contributed by atoms with E-state index in [2.05, 4.69) is 9.98 Å². The Morgan fingerprint density at radius 2 is 1.00 bits per heavy atom.